The zero-order valence-electron chi connectivity index (χ0n) is 14.9. The van der Waals surface area contributed by atoms with Crippen LogP contribution in [0.5, 0.6) is 0 Å². The van der Waals surface area contributed by atoms with E-state index in [9.17, 15) is 9.90 Å². The normalized spacial score (nSPS) is 32.6. The summed E-state index contributed by atoms with van der Waals surface area (Å²) in [6, 6.07) is 0.717. The number of likely N-dealkylation sites (tertiary alicyclic amines) is 2. The van der Waals surface area contributed by atoms with Crippen LogP contribution >= 0.6 is 0 Å². The molecule has 0 aliphatic carbocycles. The number of carbonyl (C=O) groups excluding carboxylic acids is 1. The van der Waals surface area contributed by atoms with Crippen LogP contribution in [0.2, 0.25) is 0 Å². The van der Waals surface area contributed by atoms with Crippen molar-refractivity contribution in [2.45, 2.75) is 69.7 Å². The van der Waals surface area contributed by atoms with Gasteiger partial charge in [-0.05, 0) is 45.1 Å². The van der Waals surface area contributed by atoms with Crippen LogP contribution in [-0.2, 0) is 14.3 Å². The van der Waals surface area contributed by atoms with Gasteiger partial charge in [0.15, 0.2) is 0 Å². The highest BCUT2D eigenvalue weighted by Crippen LogP contribution is 2.30. The number of hydrogen-bond acceptors (Lipinski definition) is 5. The molecule has 0 unspecified atom stereocenters. The number of amides is 1. The molecule has 6 heteroatoms. The van der Waals surface area contributed by atoms with Gasteiger partial charge in [-0.25, -0.2) is 0 Å². The second-order valence-corrected chi connectivity index (χ2v) is 7.45. The summed E-state index contributed by atoms with van der Waals surface area (Å²) in [5, 5.41) is 10.3. The number of hydrogen-bond donors (Lipinski definition) is 1. The number of carbonyl (C=O) groups is 1. The Labute approximate surface area is 145 Å². The molecule has 3 saturated heterocycles. The predicted molar refractivity (Wildman–Crippen MR) is 90.8 cm³/mol. The van der Waals surface area contributed by atoms with Crippen molar-refractivity contribution in [3.8, 4) is 0 Å². The van der Waals surface area contributed by atoms with E-state index in [1.165, 1.54) is 0 Å². The van der Waals surface area contributed by atoms with Crippen LogP contribution in [0.1, 0.15) is 45.4 Å². The molecule has 0 saturated carbocycles. The first-order valence-corrected chi connectivity index (χ1v) is 9.54. The Bertz CT molecular complexity index is 414. The molecule has 3 rings (SSSR count). The molecule has 3 heterocycles. The van der Waals surface area contributed by atoms with Crippen molar-refractivity contribution in [1.82, 2.24) is 9.80 Å². The van der Waals surface area contributed by atoms with Crippen LogP contribution in [0.4, 0.5) is 0 Å². The molecule has 1 N–H and O–H groups in total. The highest BCUT2D eigenvalue weighted by molar-refractivity contribution is 5.74. The third-order valence-electron chi connectivity index (χ3n) is 5.65. The number of rotatable bonds is 7. The Balaban J connectivity index is 1.43. The third-order valence-corrected chi connectivity index (χ3v) is 5.65. The van der Waals surface area contributed by atoms with Gasteiger partial charge in [0.1, 0.15) is 0 Å². The van der Waals surface area contributed by atoms with Crippen molar-refractivity contribution in [3.05, 3.63) is 0 Å². The Hall–Kier alpha value is -0.690. The van der Waals surface area contributed by atoms with Crippen LogP contribution in [-0.4, -0.2) is 84.6 Å². The summed E-state index contributed by atoms with van der Waals surface area (Å²) >= 11 is 0. The van der Waals surface area contributed by atoms with Gasteiger partial charge in [-0.1, -0.05) is 0 Å². The number of aliphatic hydroxyl groups excluding tert-OH is 1. The van der Waals surface area contributed by atoms with E-state index in [1.807, 2.05) is 4.90 Å². The summed E-state index contributed by atoms with van der Waals surface area (Å²) in [6.45, 7) is 5.99. The number of ether oxygens (including phenoxy) is 2. The summed E-state index contributed by atoms with van der Waals surface area (Å²) in [6.07, 6.45) is 6.37. The van der Waals surface area contributed by atoms with Crippen molar-refractivity contribution in [2.24, 2.45) is 0 Å². The number of aliphatic hydroxyl groups is 1. The minimum atomic E-state index is -0.473. The van der Waals surface area contributed by atoms with E-state index in [4.69, 9.17) is 9.47 Å². The zero-order valence-corrected chi connectivity index (χ0v) is 14.9. The Morgan fingerprint density at radius 2 is 2.00 bits per heavy atom. The molecule has 0 bridgehead atoms. The molecule has 0 spiro atoms. The van der Waals surface area contributed by atoms with Crippen molar-refractivity contribution in [1.29, 1.82) is 0 Å². The summed E-state index contributed by atoms with van der Waals surface area (Å²) in [5.74, 6) is 0.185. The standard InChI is InChI=1S/C18H32N2O4/c1-14(21)20-9-3-7-18(20)17-6-2-8-19(17)11-15(22)12-23-13-16-5-4-10-24-16/h15-18,22H,2-13H2,1H3/t15-,16-,17-,18+/m0/s1. The minimum Gasteiger partial charge on any atom is -0.389 e. The van der Waals surface area contributed by atoms with Gasteiger partial charge < -0.3 is 19.5 Å². The Morgan fingerprint density at radius 3 is 2.75 bits per heavy atom. The van der Waals surface area contributed by atoms with Gasteiger partial charge in [0.05, 0.1) is 25.4 Å². The third kappa shape index (κ3) is 4.48. The lowest BCUT2D eigenvalue weighted by Gasteiger charge is -2.35. The van der Waals surface area contributed by atoms with Crippen LogP contribution in [0.15, 0.2) is 0 Å². The van der Waals surface area contributed by atoms with Crippen molar-refractivity contribution in [2.75, 3.05) is 39.5 Å². The van der Waals surface area contributed by atoms with Crippen LogP contribution in [0, 0.1) is 0 Å². The Kier molecular flexibility index (Phi) is 6.49. The van der Waals surface area contributed by atoms with E-state index in [0.717, 1.165) is 58.2 Å². The van der Waals surface area contributed by atoms with E-state index < -0.39 is 6.10 Å². The molecule has 6 nitrogen and oxygen atoms in total. The van der Waals surface area contributed by atoms with Gasteiger partial charge in [0, 0.05) is 38.7 Å². The summed E-state index contributed by atoms with van der Waals surface area (Å²) in [5.41, 5.74) is 0. The first-order chi connectivity index (χ1) is 11.6. The molecule has 3 aliphatic rings. The zero-order chi connectivity index (χ0) is 16.9. The monoisotopic (exact) mass is 340 g/mol. The van der Waals surface area contributed by atoms with Crippen LogP contribution in [0.25, 0.3) is 0 Å². The van der Waals surface area contributed by atoms with Crippen molar-refractivity contribution in [3.63, 3.8) is 0 Å². The fourth-order valence-corrected chi connectivity index (χ4v) is 4.53. The highest BCUT2D eigenvalue weighted by Gasteiger charge is 2.39. The average Bonchev–Trinajstić information content (AvgIpc) is 3.28. The van der Waals surface area contributed by atoms with E-state index in [2.05, 4.69) is 4.90 Å². The largest absolute Gasteiger partial charge is 0.389 e. The first kappa shape index (κ1) is 18.1. The SMILES string of the molecule is CC(=O)N1CCC[C@@H]1[C@@H]1CCCN1C[C@H](O)COC[C@@H]1CCCO1. The smallest absolute Gasteiger partial charge is 0.219 e. The molecule has 0 aromatic rings. The topological polar surface area (TPSA) is 62.2 Å². The van der Waals surface area contributed by atoms with E-state index in [1.54, 1.807) is 6.92 Å². The summed E-state index contributed by atoms with van der Waals surface area (Å²) in [4.78, 5) is 16.2. The van der Waals surface area contributed by atoms with E-state index >= 15 is 0 Å². The van der Waals surface area contributed by atoms with Crippen molar-refractivity contribution >= 4 is 5.91 Å². The molecule has 24 heavy (non-hydrogen) atoms. The molecule has 138 valence electrons. The number of nitrogens with zero attached hydrogens (tertiary/aromatic N) is 2. The van der Waals surface area contributed by atoms with E-state index in [-0.39, 0.29) is 12.0 Å². The summed E-state index contributed by atoms with van der Waals surface area (Å²) < 4.78 is 11.2. The lowest BCUT2D eigenvalue weighted by Crippen LogP contribution is -2.49. The summed E-state index contributed by atoms with van der Waals surface area (Å²) in [7, 11) is 0. The number of β-amino-alcohol motifs (C(OH)–C–C–N with tert-alkyl or cyclic N) is 1. The molecule has 0 radical (unpaired) electrons. The quantitative estimate of drug-likeness (QED) is 0.750. The lowest BCUT2D eigenvalue weighted by molar-refractivity contribution is -0.130. The fourth-order valence-electron chi connectivity index (χ4n) is 4.53. The second-order valence-electron chi connectivity index (χ2n) is 7.45. The first-order valence-electron chi connectivity index (χ1n) is 9.54. The van der Waals surface area contributed by atoms with Crippen molar-refractivity contribution < 1.29 is 19.4 Å². The molecule has 0 aromatic heterocycles. The van der Waals surface area contributed by atoms with Gasteiger partial charge >= 0.3 is 0 Å². The van der Waals surface area contributed by atoms with Gasteiger partial charge in [-0.3, -0.25) is 9.69 Å². The van der Waals surface area contributed by atoms with Gasteiger partial charge in [0.2, 0.25) is 5.91 Å². The lowest BCUT2D eigenvalue weighted by atomic mass is 10.0. The minimum absolute atomic E-state index is 0.185. The second kappa shape index (κ2) is 8.61. The van der Waals surface area contributed by atoms with Crippen LogP contribution in [0.3, 0.4) is 0 Å². The molecule has 0 aromatic carbocycles. The molecular formula is C18H32N2O4. The fraction of sp³-hybridized carbons (Fsp3) is 0.944. The molecule has 3 aliphatic heterocycles. The van der Waals surface area contributed by atoms with Gasteiger partial charge in [-0.2, -0.15) is 0 Å². The molecular weight excluding hydrogens is 308 g/mol. The maximum atomic E-state index is 11.8. The molecule has 1 amide bonds. The maximum absolute atomic E-state index is 11.8. The maximum Gasteiger partial charge on any atom is 0.219 e. The predicted octanol–water partition coefficient (Wildman–Crippen LogP) is 1.02. The van der Waals surface area contributed by atoms with E-state index in [0.29, 0.717) is 31.8 Å². The van der Waals surface area contributed by atoms with Gasteiger partial charge in [0.25, 0.3) is 0 Å². The molecule has 3 fully saturated rings. The van der Waals surface area contributed by atoms with Gasteiger partial charge in [-0.15, -0.1) is 0 Å². The average molecular weight is 340 g/mol. The van der Waals surface area contributed by atoms with Crippen LogP contribution < -0.4 is 0 Å². The molecule has 4 atom stereocenters. The highest BCUT2D eigenvalue weighted by atomic mass is 16.5. The Morgan fingerprint density at radius 1 is 1.21 bits per heavy atom.